The maximum atomic E-state index is 12.0. The number of aryl methyl sites for hydroxylation is 1. The third-order valence-electron chi connectivity index (χ3n) is 5.80. The smallest absolute Gasteiger partial charge is 0.312 e. The maximum absolute atomic E-state index is 12.0. The van der Waals surface area contributed by atoms with Gasteiger partial charge in [0.25, 0.3) is 0 Å². The molecule has 31 heavy (non-hydrogen) atoms. The van der Waals surface area contributed by atoms with E-state index < -0.39 is 11.4 Å². The Hall–Kier alpha value is -2.49. The first-order valence-corrected chi connectivity index (χ1v) is 11.0. The second kappa shape index (κ2) is 9.33. The summed E-state index contributed by atoms with van der Waals surface area (Å²) in [4.78, 5) is 12.0. The lowest BCUT2D eigenvalue weighted by atomic mass is 9.77. The van der Waals surface area contributed by atoms with Crippen molar-refractivity contribution in [3.8, 4) is 11.5 Å². The molecule has 0 aromatic heterocycles. The van der Waals surface area contributed by atoms with Gasteiger partial charge in [-0.05, 0) is 65.8 Å². The second-order valence-corrected chi connectivity index (χ2v) is 10.9. The number of rotatable bonds is 8. The Morgan fingerprint density at radius 3 is 1.87 bits per heavy atom. The van der Waals surface area contributed by atoms with Crippen LogP contribution >= 0.6 is 0 Å². The first kappa shape index (κ1) is 24.8. The molecule has 170 valence electrons. The molecular weight excluding hydrogens is 388 g/mol. The molecule has 0 aliphatic heterocycles. The highest BCUT2D eigenvalue weighted by molar-refractivity contribution is 5.74. The molecule has 2 N–H and O–H groups in total. The summed E-state index contributed by atoms with van der Waals surface area (Å²) >= 11 is 0. The lowest BCUT2D eigenvalue weighted by Gasteiger charge is -2.29. The Balaban J connectivity index is 2.17. The third-order valence-corrected chi connectivity index (χ3v) is 5.80. The zero-order valence-electron chi connectivity index (χ0n) is 20.1. The van der Waals surface area contributed by atoms with E-state index >= 15 is 0 Å². The van der Waals surface area contributed by atoms with Crippen LogP contribution in [-0.2, 0) is 22.0 Å². The predicted molar refractivity (Wildman–Crippen MR) is 126 cm³/mol. The Kier molecular flexibility index (Phi) is 7.46. The van der Waals surface area contributed by atoms with Crippen molar-refractivity contribution in [2.45, 2.75) is 78.6 Å². The van der Waals surface area contributed by atoms with Gasteiger partial charge in [-0.15, -0.1) is 0 Å². The first-order valence-electron chi connectivity index (χ1n) is 11.0. The fourth-order valence-corrected chi connectivity index (χ4v) is 3.66. The van der Waals surface area contributed by atoms with Crippen LogP contribution in [0.5, 0.6) is 11.5 Å². The van der Waals surface area contributed by atoms with Crippen LogP contribution in [0, 0.1) is 5.41 Å². The molecule has 0 heterocycles. The number of benzene rings is 2. The minimum absolute atomic E-state index is 0.127. The van der Waals surface area contributed by atoms with Gasteiger partial charge in [-0.2, -0.15) is 0 Å². The van der Waals surface area contributed by atoms with Gasteiger partial charge >= 0.3 is 5.97 Å². The molecule has 0 aliphatic carbocycles. The number of phenolic OH excluding ortho intramolecular Hbond substituents is 1. The fourth-order valence-electron chi connectivity index (χ4n) is 3.66. The highest BCUT2D eigenvalue weighted by Crippen LogP contribution is 2.40. The van der Waals surface area contributed by atoms with Crippen LogP contribution in [0.3, 0.4) is 0 Å². The average Bonchev–Trinajstić information content (AvgIpc) is 2.66. The van der Waals surface area contributed by atoms with E-state index in [2.05, 4.69) is 53.7 Å². The van der Waals surface area contributed by atoms with Crippen molar-refractivity contribution in [1.82, 2.24) is 0 Å². The Bertz CT molecular complexity index is 853. The number of carboxylic acids is 1. The summed E-state index contributed by atoms with van der Waals surface area (Å²) in [5.41, 5.74) is 1.67. The average molecular weight is 427 g/mol. The number of carbonyl (C=O) groups is 1. The molecule has 2 aromatic rings. The molecule has 0 fully saturated rings. The van der Waals surface area contributed by atoms with Crippen LogP contribution < -0.4 is 4.74 Å². The molecule has 1 unspecified atom stereocenters. The second-order valence-electron chi connectivity index (χ2n) is 10.9. The molecule has 4 heteroatoms. The van der Waals surface area contributed by atoms with Crippen LogP contribution in [0.1, 0.15) is 78.0 Å². The van der Waals surface area contributed by atoms with Gasteiger partial charge in [0.05, 0.1) is 5.41 Å². The minimum atomic E-state index is -0.966. The van der Waals surface area contributed by atoms with Crippen molar-refractivity contribution in [1.29, 1.82) is 0 Å². The van der Waals surface area contributed by atoms with Crippen molar-refractivity contribution in [2.75, 3.05) is 6.61 Å². The zero-order chi connectivity index (χ0) is 23.4. The summed E-state index contributed by atoms with van der Waals surface area (Å²) in [6.45, 7) is 14.5. The van der Waals surface area contributed by atoms with E-state index in [0.29, 0.717) is 17.9 Å². The molecule has 2 rings (SSSR count). The quantitative estimate of drug-likeness (QED) is 0.507. The number of hydrogen-bond acceptors (Lipinski definition) is 3. The molecule has 0 saturated heterocycles. The van der Waals surface area contributed by atoms with Crippen molar-refractivity contribution in [3.05, 3.63) is 59.2 Å². The summed E-state index contributed by atoms with van der Waals surface area (Å²) in [6.07, 6.45) is 1.98. The van der Waals surface area contributed by atoms with Crippen LogP contribution in [0.15, 0.2) is 42.5 Å². The minimum Gasteiger partial charge on any atom is -0.507 e. The van der Waals surface area contributed by atoms with Gasteiger partial charge in [0.2, 0.25) is 0 Å². The SMILES string of the molecule is CC(CCCc1cc(C(C)(C)C)c(O)c(C(C)(C)C)c1)(COc1ccccc1)C(=O)O. The topological polar surface area (TPSA) is 66.8 Å². The number of hydrogen-bond donors (Lipinski definition) is 2. The summed E-state index contributed by atoms with van der Waals surface area (Å²) in [6, 6.07) is 13.5. The Morgan fingerprint density at radius 1 is 0.903 bits per heavy atom. The van der Waals surface area contributed by atoms with Crippen LogP contribution in [-0.4, -0.2) is 22.8 Å². The summed E-state index contributed by atoms with van der Waals surface area (Å²) < 4.78 is 5.76. The molecule has 0 radical (unpaired) electrons. The monoisotopic (exact) mass is 426 g/mol. The summed E-state index contributed by atoms with van der Waals surface area (Å²) in [5, 5.41) is 20.7. The van der Waals surface area contributed by atoms with E-state index in [9.17, 15) is 15.0 Å². The van der Waals surface area contributed by atoms with Crippen LogP contribution in [0.4, 0.5) is 0 Å². The molecule has 0 saturated carbocycles. The first-order chi connectivity index (χ1) is 14.2. The van der Waals surface area contributed by atoms with E-state index in [0.717, 1.165) is 29.5 Å². The van der Waals surface area contributed by atoms with Crippen LogP contribution in [0.2, 0.25) is 0 Å². The van der Waals surface area contributed by atoms with Gasteiger partial charge in [-0.3, -0.25) is 4.79 Å². The number of phenols is 1. The maximum Gasteiger partial charge on any atom is 0.312 e. The van der Waals surface area contributed by atoms with E-state index in [4.69, 9.17) is 4.74 Å². The normalized spacial score (nSPS) is 14.2. The van der Waals surface area contributed by atoms with Gasteiger partial charge in [-0.1, -0.05) is 71.9 Å². The molecular formula is C27H38O4. The number of aliphatic carboxylic acids is 1. The van der Waals surface area contributed by atoms with E-state index in [1.54, 1.807) is 6.92 Å². The summed E-state index contributed by atoms with van der Waals surface area (Å²) in [7, 11) is 0. The zero-order valence-corrected chi connectivity index (χ0v) is 20.1. The molecule has 1 atom stereocenters. The number of para-hydroxylation sites is 1. The highest BCUT2D eigenvalue weighted by Gasteiger charge is 2.34. The molecule has 0 bridgehead atoms. The lowest BCUT2D eigenvalue weighted by Crippen LogP contribution is -2.34. The highest BCUT2D eigenvalue weighted by atomic mass is 16.5. The third kappa shape index (κ3) is 6.49. The Labute approximate surface area is 187 Å². The van der Waals surface area contributed by atoms with Crippen molar-refractivity contribution >= 4 is 5.97 Å². The number of ether oxygens (including phenoxy) is 1. The van der Waals surface area contributed by atoms with Crippen LogP contribution in [0.25, 0.3) is 0 Å². The van der Waals surface area contributed by atoms with E-state index in [1.165, 1.54) is 0 Å². The molecule has 0 amide bonds. The number of aromatic hydroxyl groups is 1. The van der Waals surface area contributed by atoms with Crippen molar-refractivity contribution in [3.63, 3.8) is 0 Å². The standard InChI is InChI=1S/C27H38O4/c1-25(2,3)21-16-19(17-22(23(21)28)26(4,5)6)12-11-15-27(7,24(29)30)18-31-20-13-9-8-10-14-20/h8-10,13-14,16-17,28H,11-12,15,18H2,1-7H3,(H,29,30). The number of carboxylic acid groups (broad SMARTS) is 1. The van der Waals surface area contributed by atoms with Gasteiger partial charge in [-0.25, -0.2) is 0 Å². The predicted octanol–water partition coefficient (Wildman–Crippen LogP) is 6.48. The van der Waals surface area contributed by atoms with Crippen molar-refractivity contribution < 1.29 is 19.7 Å². The fraction of sp³-hybridized carbons (Fsp3) is 0.519. The van der Waals surface area contributed by atoms with Crippen molar-refractivity contribution in [2.24, 2.45) is 5.41 Å². The van der Waals surface area contributed by atoms with Gasteiger partial charge < -0.3 is 14.9 Å². The van der Waals surface area contributed by atoms with E-state index in [1.807, 2.05) is 30.3 Å². The van der Waals surface area contributed by atoms with Gasteiger partial charge in [0.1, 0.15) is 18.1 Å². The molecule has 4 nitrogen and oxygen atoms in total. The molecule has 2 aromatic carbocycles. The van der Waals surface area contributed by atoms with Gasteiger partial charge in [0, 0.05) is 0 Å². The Morgan fingerprint density at radius 2 is 1.42 bits per heavy atom. The van der Waals surface area contributed by atoms with Gasteiger partial charge in [0.15, 0.2) is 0 Å². The largest absolute Gasteiger partial charge is 0.507 e. The lowest BCUT2D eigenvalue weighted by molar-refractivity contribution is -0.150. The molecule has 0 aliphatic rings. The summed E-state index contributed by atoms with van der Waals surface area (Å²) in [5.74, 6) is 0.202. The van der Waals surface area contributed by atoms with E-state index in [-0.39, 0.29) is 17.4 Å². The molecule has 0 spiro atoms.